The Hall–Kier alpha value is -1.38. The molecule has 0 spiro atoms. The van der Waals surface area contributed by atoms with E-state index in [1.165, 1.54) is 33.8 Å². The quantitative estimate of drug-likeness (QED) is 0.617. The van der Waals surface area contributed by atoms with Crippen LogP contribution in [0.1, 0.15) is 37.7 Å². The third kappa shape index (κ3) is 1.28. The van der Waals surface area contributed by atoms with E-state index in [4.69, 9.17) is 0 Å². The predicted molar refractivity (Wildman–Crippen MR) is 74.1 cm³/mol. The minimum Gasteiger partial charge on any atom is -0.392 e. The molecule has 0 N–H and O–H groups in total. The van der Waals surface area contributed by atoms with Crippen LogP contribution >= 0.6 is 0 Å². The SMILES string of the molecule is CC1=CC(C)N2Bn3c(C)cc(C)c3C(C)=C12. The molecule has 3 rings (SSSR count). The lowest BCUT2D eigenvalue weighted by Crippen LogP contribution is -2.39. The van der Waals surface area contributed by atoms with Gasteiger partial charge in [-0.3, -0.25) is 0 Å². The van der Waals surface area contributed by atoms with E-state index in [-0.39, 0.29) is 0 Å². The van der Waals surface area contributed by atoms with Crippen LogP contribution < -0.4 is 0 Å². The van der Waals surface area contributed by atoms with Crippen molar-refractivity contribution in [3.8, 4) is 0 Å². The summed E-state index contributed by atoms with van der Waals surface area (Å²) in [4.78, 5) is 2.50. The standard InChI is InChI=1S/C14H19BN2/c1-8-6-10(3)16-13(8)12(5)14-9(2)7-11(4)17(14)15-16/h6-7,10,15H,1-5H3. The molecule has 0 saturated heterocycles. The van der Waals surface area contributed by atoms with Crippen molar-refractivity contribution < 1.29 is 0 Å². The van der Waals surface area contributed by atoms with Crippen molar-refractivity contribution >= 4 is 13.1 Å². The maximum Gasteiger partial charge on any atom is 0.361 e. The first kappa shape index (κ1) is 10.8. The first-order valence-corrected chi connectivity index (χ1v) is 6.34. The Morgan fingerprint density at radius 2 is 1.88 bits per heavy atom. The van der Waals surface area contributed by atoms with Gasteiger partial charge in [0.05, 0.1) is 0 Å². The zero-order valence-corrected chi connectivity index (χ0v) is 11.3. The van der Waals surface area contributed by atoms with E-state index in [1.54, 1.807) is 0 Å². The summed E-state index contributed by atoms with van der Waals surface area (Å²) >= 11 is 0. The van der Waals surface area contributed by atoms with Gasteiger partial charge in [-0.1, -0.05) is 6.08 Å². The van der Waals surface area contributed by atoms with E-state index in [0.717, 1.165) is 7.55 Å². The van der Waals surface area contributed by atoms with E-state index >= 15 is 0 Å². The van der Waals surface area contributed by atoms with Gasteiger partial charge in [-0.05, 0) is 57.4 Å². The summed E-state index contributed by atoms with van der Waals surface area (Å²) in [6.45, 7) is 11.2. The van der Waals surface area contributed by atoms with Crippen molar-refractivity contribution in [1.82, 2.24) is 9.29 Å². The molecule has 1 aromatic rings. The molecule has 1 unspecified atom stereocenters. The molecule has 3 heterocycles. The van der Waals surface area contributed by atoms with Crippen LogP contribution in [0, 0.1) is 13.8 Å². The molecule has 0 aliphatic carbocycles. The predicted octanol–water partition coefficient (Wildman–Crippen LogP) is 2.61. The molecule has 0 aromatic carbocycles. The maximum atomic E-state index is 2.50. The molecule has 0 fully saturated rings. The molecular weight excluding hydrogens is 207 g/mol. The van der Waals surface area contributed by atoms with Gasteiger partial charge >= 0.3 is 7.55 Å². The van der Waals surface area contributed by atoms with Crippen molar-refractivity contribution in [2.45, 2.75) is 40.7 Å². The second-order valence-electron chi connectivity index (χ2n) is 5.42. The van der Waals surface area contributed by atoms with Gasteiger partial charge in [0, 0.05) is 23.1 Å². The number of allylic oxidation sites excluding steroid dienone is 2. The van der Waals surface area contributed by atoms with E-state index < -0.39 is 0 Å². The Bertz CT molecular complexity index is 563. The Balaban J connectivity index is 2.26. The van der Waals surface area contributed by atoms with Gasteiger partial charge < -0.3 is 9.29 Å². The largest absolute Gasteiger partial charge is 0.392 e. The average molecular weight is 226 g/mol. The second kappa shape index (κ2) is 3.31. The Kier molecular flexibility index (Phi) is 2.10. The molecule has 88 valence electrons. The third-order valence-electron chi connectivity index (χ3n) is 4.14. The van der Waals surface area contributed by atoms with E-state index in [1.807, 2.05) is 0 Å². The highest BCUT2D eigenvalue weighted by atomic mass is 15.2. The van der Waals surface area contributed by atoms with Crippen LogP contribution in [-0.4, -0.2) is 22.9 Å². The van der Waals surface area contributed by atoms with Gasteiger partial charge in [0.15, 0.2) is 0 Å². The van der Waals surface area contributed by atoms with Crippen LogP contribution in [0.15, 0.2) is 23.4 Å². The number of fused-ring (bicyclic) bond motifs is 2. The van der Waals surface area contributed by atoms with Gasteiger partial charge in [-0.2, -0.15) is 0 Å². The highest BCUT2D eigenvalue weighted by Gasteiger charge is 2.32. The van der Waals surface area contributed by atoms with Crippen LogP contribution in [0.4, 0.5) is 0 Å². The number of hydrogen-bond acceptors (Lipinski definition) is 1. The molecule has 0 radical (unpaired) electrons. The average Bonchev–Trinajstić information content (AvgIpc) is 2.68. The van der Waals surface area contributed by atoms with E-state index in [0.29, 0.717) is 6.04 Å². The molecule has 17 heavy (non-hydrogen) atoms. The summed E-state index contributed by atoms with van der Waals surface area (Å²) in [7, 11) is 0.997. The number of aryl methyl sites for hydroxylation is 2. The fourth-order valence-electron chi connectivity index (χ4n) is 3.47. The molecular formula is C14H19BN2. The summed E-state index contributed by atoms with van der Waals surface area (Å²) in [6, 6.07) is 2.82. The maximum absolute atomic E-state index is 2.50. The van der Waals surface area contributed by atoms with Crippen LogP contribution in [0.5, 0.6) is 0 Å². The van der Waals surface area contributed by atoms with E-state index in [9.17, 15) is 0 Å². The lowest BCUT2D eigenvalue weighted by molar-refractivity contribution is 0.509. The first-order valence-electron chi connectivity index (χ1n) is 6.34. The van der Waals surface area contributed by atoms with Crippen LogP contribution in [0.2, 0.25) is 0 Å². The third-order valence-corrected chi connectivity index (χ3v) is 4.14. The van der Waals surface area contributed by atoms with Crippen LogP contribution in [-0.2, 0) is 0 Å². The zero-order valence-electron chi connectivity index (χ0n) is 11.3. The zero-order chi connectivity index (χ0) is 12.3. The highest BCUT2D eigenvalue weighted by Crippen LogP contribution is 2.38. The lowest BCUT2D eigenvalue weighted by Gasteiger charge is -2.33. The topological polar surface area (TPSA) is 8.17 Å². The molecule has 1 atom stereocenters. The normalized spacial score (nSPS) is 22.3. The van der Waals surface area contributed by atoms with Crippen molar-refractivity contribution in [3.63, 3.8) is 0 Å². The second-order valence-corrected chi connectivity index (χ2v) is 5.42. The molecule has 2 nitrogen and oxygen atoms in total. The van der Waals surface area contributed by atoms with Crippen molar-refractivity contribution in [2.75, 3.05) is 0 Å². The minimum absolute atomic E-state index is 0.523. The summed E-state index contributed by atoms with van der Waals surface area (Å²) in [5.74, 6) is 0. The van der Waals surface area contributed by atoms with Crippen molar-refractivity contribution in [3.05, 3.63) is 40.4 Å². The monoisotopic (exact) mass is 226 g/mol. The molecule has 0 bridgehead atoms. The Morgan fingerprint density at radius 3 is 2.59 bits per heavy atom. The number of hydrogen-bond donors (Lipinski definition) is 0. The van der Waals surface area contributed by atoms with Gasteiger partial charge in [0.1, 0.15) is 0 Å². The number of nitrogens with zero attached hydrogens (tertiary/aromatic N) is 2. The number of aromatic nitrogens is 1. The molecule has 2 aliphatic rings. The van der Waals surface area contributed by atoms with Crippen LogP contribution in [0.3, 0.4) is 0 Å². The molecule has 3 heteroatoms. The fraction of sp³-hybridized carbons (Fsp3) is 0.429. The fourth-order valence-corrected chi connectivity index (χ4v) is 3.47. The van der Waals surface area contributed by atoms with Gasteiger partial charge in [-0.25, -0.2) is 0 Å². The summed E-state index contributed by atoms with van der Waals surface area (Å²) in [6.07, 6.45) is 2.37. The molecule has 0 saturated carbocycles. The Morgan fingerprint density at radius 1 is 1.18 bits per heavy atom. The highest BCUT2D eigenvalue weighted by molar-refractivity contribution is 6.34. The molecule has 0 amide bonds. The van der Waals surface area contributed by atoms with E-state index in [2.05, 4.69) is 56.1 Å². The van der Waals surface area contributed by atoms with Gasteiger partial charge in [-0.15, -0.1) is 0 Å². The van der Waals surface area contributed by atoms with Gasteiger partial charge in [0.2, 0.25) is 0 Å². The summed E-state index contributed by atoms with van der Waals surface area (Å²) in [5.41, 5.74) is 8.51. The smallest absolute Gasteiger partial charge is 0.361 e. The molecule has 2 aliphatic heterocycles. The van der Waals surface area contributed by atoms with Crippen LogP contribution in [0.25, 0.3) is 5.57 Å². The van der Waals surface area contributed by atoms with Gasteiger partial charge in [0.25, 0.3) is 0 Å². The lowest BCUT2D eigenvalue weighted by atomic mass is 9.93. The summed E-state index contributed by atoms with van der Waals surface area (Å²) in [5, 5.41) is 0. The van der Waals surface area contributed by atoms with Crippen molar-refractivity contribution in [1.29, 1.82) is 0 Å². The first-order chi connectivity index (χ1) is 8.00. The number of rotatable bonds is 0. The molecule has 1 aromatic heterocycles. The summed E-state index contributed by atoms with van der Waals surface area (Å²) < 4.78 is 2.44. The Labute approximate surface area is 104 Å². The minimum atomic E-state index is 0.523. The van der Waals surface area contributed by atoms with Crippen molar-refractivity contribution in [2.24, 2.45) is 0 Å².